The molecule has 0 unspecified atom stereocenters. The minimum atomic E-state index is -0.951. The molecule has 1 aromatic heterocycles. The van der Waals surface area contributed by atoms with Crippen molar-refractivity contribution in [3.63, 3.8) is 0 Å². The van der Waals surface area contributed by atoms with Gasteiger partial charge < -0.3 is 5.11 Å². The molecule has 3 aromatic rings. The predicted molar refractivity (Wildman–Crippen MR) is 87.6 cm³/mol. The van der Waals surface area contributed by atoms with Crippen LogP contribution in [0.15, 0.2) is 59.1 Å². The van der Waals surface area contributed by atoms with Crippen molar-refractivity contribution in [2.75, 3.05) is 0 Å². The zero-order chi connectivity index (χ0) is 14.8. The highest BCUT2D eigenvalue weighted by Gasteiger charge is 2.19. The molecule has 1 heterocycles. The van der Waals surface area contributed by atoms with E-state index in [-0.39, 0.29) is 4.88 Å². The third kappa shape index (κ3) is 2.89. The van der Waals surface area contributed by atoms with Crippen LogP contribution in [0.25, 0.3) is 21.8 Å². The second-order valence-electron chi connectivity index (χ2n) is 4.38. The first-order chi connectivity index (χ1) is 10.1. The van der Waals surface area contributed by atoms with E-state index in [0.717, 1.165) is 15.6 Å². The third-order valence-electron chi connectivity index (χ3n) is 2.94. The van der Waals surface area contributed by atoms with E-state index in [2.05, 4.69) is 20.9 Å². The van der Waals surface area contributed by atoms with Gasteiger partial charge in [0.15, 0.2) is 0 Å². The highest BCUT2D eigenvalue weighted by Crippen LogP contribution is 2.34. The Balaban J connectivity index is 2.15. The average molecular weight is 360 g/mol. The van der Waals surface area contributed by atoms with Crippen LogP contribution in [0.5, 0.6) is 0 Å². The Kier molecular flexibility index (Phi) is 3.86. The summed E-state index contributed by atoms with van der Waals surface area (Å²) in [4.78, 5) is 16.3. The lowest BCUT2D eigenvalue weighted by atomic mass is 10.1. The van der Waals surface area contributed by atoms with Crippen molar-refractivity contribution in [2.24, 2.45) is 0 Å². The van der Waals surface area contributed by atoms with E-state index >= 15 is 0 Å². The molecule has 0 spiro atoms. The molecule has 3 rings (SSSR count). The Morgan fingerprint density at radius 1 is 1.05 bits per heavy atom. The minimum Gasteiger partial charge on any atom is -0.477 e. The molecule has 5 heteroatoms. The monoisotopic (exact) mass is 359 g/mol. The van der Waals surface area contributed by atoms with Crippen LogP contribution in [0.1, 0.15) is 9.67 Å². The van der Waals surface area contributed by atoms with Crippen molar-refractivity contribution >= 4 is 33.2 Å². The fourth-order valence-corrected chi connectivity index (χ4v) is 3.32. The molecule has 0 aliphatic heterocycles. The zero-order valence-electron chi connectivity index (χ0n) is 10.8. The van der Waals surface area contributed by atoms with E-state index in [1.165, 1.54) is 11.3 Å². The third-order valence-corrected chi connectivity index (χ3v) is 4.53. The van der Waals surface area contributed by atoms with Crippen LogP contribution in [0.2, 0.25) is 0 Å². The molecule has 0 amide bonds. The van der Waals surface area contributed by atoms with Gasteiger partial charge in [-0.15, -0.1) is 11.3 Å². The van der Waals surface area contributed by atoms with Crippen molar-refractivity contribution < 1.29 is 9.90 Å². The van der Waals surface area contributed by atoms with Crippen LogP contribution >= 0.6 is 27.3 Å². The number of carboxylic acid groups (broad SMARTS) is 1. The second-order valence-corrected chi connectivity index (χ2v) is 6.29. The number of rotatable bonds is 3. The number of aromatic carboxylic acids is 1. The summed E-state index contributed by atoms with van der Waals surface area (Å²) >= 11 is 4.61. The average Bonchev–Trinajstić information content (AvgIpc) is 2.93. The quantitative estimate of drug-likeness (QED) is 0.720. The Hall–Kier alpha value is -1.98. The van der Waals surface area contributed by atoms with E-state index in [1.54, 1.807) is 0 Å². The summed E-state index contributed by atoms with van der Waals surface area (Å²) in [6.45, 7) is 0. The van der Waals surface area contributed by atoms with Gasteiger partial charge in [-0.3, -0.25) is 0 Å². The SMILES string of the molecule is O=C(O)c1sc(-c2cccc(Br)c2)nc1-c1ccccc1. The number of carbonyl (C=O) groups is 1. The Bertz CT molecular complexity index is 799. The number of hydrogen-bond acceptors (Lipinski definition) is 3. The molecule has 0 fully saturated rings. The molecule has 0 saturated heterocycles. The number of nitrogens with zero attached hydrogens (tertiary/aromatic N) is 1. The summed E-state index contributed by atoms with van der Waals surface area (Å²) in [5, 5.41) is 10.1. The van der Waals surface area contributed by atoms with Crippen molar-refractivity contribution in [2.45, 2.75) is 0 Å². The summed E-state index contributed by atoms with van der Waals surface area (Å²) in [6.07, 6.45) is 0. The van der Waals surface area contributed by atoms with Crippen molar-refractivity contribution in [3.8, 4) is 21.8 Å². The highest BCUT2D eigenvalue weighted by atomic mass is 79.9. The lowest BCUT2D eigenvalue weighted by Gasteiger charge is -1.98. The van der Waals surface area contributed by atoms with Gasteiger partial charge in [-0.2, -0.15) is 0 Å². The molecule has 0 aliphatic carbocycles. The van der Waals surface area contributed by atoms with Gasteiger partial charge in [0.2, 0.25) is 0 Å². The molecule has 2 aromatic carbocycles. The molecule has 21 heavy (non-hydrogen) atoms. The van der Waals surface area contributed by atoms with Crippen molar-refractivity contribution in [3.05, 3.63) is 63.9 Å². The lowest BCUT2D eigenvalue weighted by molar-refractivity contribution is 0.0702. The number of aromatic nitrogens is 1. The van der Waals surface area contributed by atoms with E-state index in [4.69, 9.17) is 0 Å². The zero-order valence-corrected chi connectivity index (χ0v) is 13.2. The Morgan fingerprint density at radius 3 is 2.43 bits per heavy atom. The lowest BCUT2D eigenvalue weighted by Crippen LogP contribution is -1.95. The van der Waals surface area contributed by atoms with Gasteiger partial charge in [0.1, 0.15) is 9.88 Å². The Labute approximate surface area is 134 Å². The van der Waals surface area contributed by atoms with E-state index < -0.39 is 5.97 Å². The standard InChI is InChI=1S/C16H10BrNO2S/c17-12-8-4-7-11(9-12)15-18-13(14(21-15)16(19)20)10-5-2-1-3-6-10/h1-9H,(H,19,20). The maximum Gasteiger partial charge on any atom is 0.348 e. The molecule has 1 N–H and O–H groups in total. The predicted octanol–water partition coefficient (Wildman–Crippen LogP) is 4.94. The van der Waals surface area contributed by atoms with Crippen LogP contribution < -0.4 is 0 Å². The molecule has 0 radical (unpaired) electrons. The minimum absolute atomic E-state index is 0.260. The van der Waals surface area contributed by atoms with Gasteiger partial charge >= 0.3 is 5.97 Å². The first kappa shape index (κ1) is 14.0. The summed E-state index contributed by atoms with van der Waals surface area (Å²) in [7, 11) is 0. The smallest absolute Gasteiger partial charge is 0.348 e. The Morgan fingerprint density at radius 2 is 1.76 bits per heavy atom. The van der Waals surface area contributed by atoms with Crippen molar-refractivity contribution in [1.82, 2.24) is 4.98 Å². The van der Waals surface area contributed by atoms with E-state index in [1.807, 2.05) is 54.6 Å². The first-order valence-corrected chi connectivity index (χ1v) is 7.81. The van der Waals surface area contributed by atoms with Crippen LogP contribution in [0, 0.1) is 0 Å². The van der Waals surface area contributed by atoms with Crippen LogP contribution in [0.4, 0.5) is 0 Å². The maximum absolute atomic E-state index is 11.5. The van der Waals surface area contributed by atoms with Gasteiger partial charge in [0, 0.05) is 15.6 Å². The van der Waals surface area contributed by atoms with Crippen molar-refractivity contribution in [1.29, 1.82) is 0 Å². The van der Waals surface area contributed by atoms with Crippen LogP contribution in [0.3, 0.4) is 0 Å². The summed E-state index contributed by atoms with van der Waals surface area (Å²) in [5.74, 6) is -0.951. The molecule has 0 bridgehead atoms. The van der Waals surface area contributed by atoms with E-state index in [0.29, 0.717) is 10.7 Å². The van der Waals surface area contributed by atoms with Gasteiger partial charge in [-0.25, -0.2) is 9.78 Å². The van der Waals surface area contributed by atoms with Crippen LogP contribution in [-0.4, -0.2) is 16.1 Å². The van der Waals surface area contributed by atoms with E-state index in [9.17, 15) is 9.90 Å². The summed E-state index contributed by atoms with van der Waals surface area (Å²) in [5.41, 5.74) is 2.23. The molecule has 3 nitrogen and oxygen atoms in total. The normalized spacial score (nSPS) is 10.5. The molecular weight excluding hydrogens is 350 g/mol. The summed E-state index contributed by atoms with van der Waals surface area (Å²) < 4.78 is 0.938. The molecular formula is C16H10BrNO2S. The molecule has 0 aliphatic rings. The van der Waals surface area contributed by atoms with Gasteiger partial charge in [-0.1, -0.05) is 58.4 Å². The number of thiazole rings is 1. The summed E-state index contributed by atoms with van der Waals surface area (Å²) in [6, 6.07) is 17.1. The number of hydrogen-bond donors (Lipinski definition) is 1. The topological polar surface area (TPSA) is 50.2 Å². The number of benzene rings is 2. The highest BCUT2D eigenvalue weighted by molar-refractivity contribution is 9.10. The number of halogens is 1. The van der Waals surface area contributed by atoms with Crippen LogP contribution in [-0.2, 0) is 0 Å². The fraction of sp³-hybridized carbons (Fsp3) is 0. The molecule has 0 atom stereocenters. The number of carboxylic acids is 1. The molecule has 104 valence electrons. The fourth-order valence-electron chi connectivity index (χ4n) is 2.00. The maximum atomic E-state index is 11.5. The van der Waals surface area contributed by atoms with Gasteiger partial charge in [0.25, 0.3) is 0 Å². The first-order valence-electron chi connectivity index (χ1n) is 6.20. The van der Waals surface area contributed by atoms with Gasteiger partial charge in [-0.05, 0) is 12.1 Å². The van der Waals surface area contributed by atoms with Gasteiger partial charge in [0.05, 0.1) is 5.69 Å². The molecule has 0 saturated carbocycles. The second kappa shape index (κ2) is 5.79. The largest absolute Gasteiger partial charge is 0.477 e.